The molecule has 2 aromatic carbocycles. The summed E-state index contributed by atoms with van der Waals surface area (Å²) < 4.78 is 5.41. The molecular weight excluding hydrogens is 342 g/mol. The van der Waals surface area contributed by atoms with Gasteiger partial charge in [-0.2, -0.15) is 5.26 Å². The summed E-state index contributed by atoms with van der Waals surface area (Å²) in [6.07, 6.45) is 0. The highest BCUT2D eigenvalue weighted by Gasteiger charge is 2.15. The van der Waals surface area contributed by atoms with E-state index in [1.165, 1.54) is 23.9 Å². The molecule has 0 aliphatic carbocycles. The van der Waals surface area contributed by atoms with E-state index in [4.69, 9.17) is 10.00 Å². The van der Waals surface area contributed by atoms with Crippen molar-refractivity contribution in [2.45, 2.75) is 11.8 Å². The zero-order valence-corrected chi connectivity index (χ0v) is 14.2. The molecule has 1 amide bonds. The van der Waals surface area contributed by atoms with Gasteiger partial charge in [-0.05, 0) is 25.1 Å². The van der Waals surface area contributed by atoms with E-state index in [1.54, 1.807) is 25.1 Å². The average molecular weight is 357 g/mol. The lowest BCUT2D eigenvalue weighted by Crippen LogP contribution is -2.20. The summed E-state index contributed by atoms with van der Waals surface area (Å²) in [6.45, 7) is 1.29. The fraction of sp³-hybridized carbons (Fsp3) is 0.176. The number of ether oxygens (including phenoxy) is 1. The highest BCUT2D eigenvalue weighted by molar-refractivity contribution is 7.99. The van der Waals surface area contributed by atoms with E-state index in [-0.39, 0.29) is 23.8 Å². The number of carbonyl (C=O) groups is 1. The molecule has 0 heterocycles. The van der Waals surface area contributed by atoms with Gasteiger partial charge in [-0.3, -0.25) is 14.9 Å². The Morgan fingerprint density at radius 2 is 2.08 bits per heavy atom. The van der Waals surface area contributed by atoms with Gasteiger partial charge in [0.25, 0.3) is 11.6 Å². The third-order valence-corrected chi connectivity index (χ3v) is 4.20. The molecule has 2 rings (SSSR count). The molecule has 7 nitrogen and oxygen atoms in total. The van der Waals surface area contributed by atoms with E-state index in [0.717, 1.165) is 4.90 Å². The maximum absolute atomic E-state index is 12.1. The van der Waals surface area contributed by atoms with Crippen LogP contribution in [-0.4, -0.2) is 23.2 Å². The zero-order valence-electron chi connectivity index (χ0n) is 13.4. The Balaban J connectivity index is 2.02. The third-order valence-electron chi connectivity index (χ3n) is 3.26. The zero-order chi connectivity index (χ0) is 18.2. The Labute approximate surface area is 148 Å². The van der Waals surface area contributed by atoms with Gasteiger partial charge in [0, 0.05) is 11.0 Å². The molecule has 128 valence electrons. The highest BCUT2D eigenvalue weighted by atomic mass is 32.2. The first-order valence-corrected chi connectivity index (χ1v) is 8.27. The van der Waals surface area contributed by atoms with Crippen molar-refractivity contribution >= 4 is 29.0 Å². The standard InChI is InChI=1S/C17H15N3O4S/c1-12-14(20(22)23)6-4-7-15(12)24-11-17(21)19-13-5-2-3-8-16(13)25-10-9-18/h2-8H,10-11H2,1H3,(H,19,21). The van der Waals surface area contributed by atoms with Crippen molar-refractivity contribution in [3.63, 3.8) is 0 Å². The number of nitro benzene ring substituents is 1. The molecule has 0 saturated carbocycles. The van der Waals surface area contributed by atoms with Crippen molar-refractivity contribution in [2.75, 3.05) is 17.7 Å². The number of rotatable bonds is 7. The first-order chi connectivity index (χ1) is 12.0. The van der Waals surface area contributed by atoms with Crippen LogP contribution in [0.2, 0.25) is 0 Å². The molecule has 0 fully saturated rings. The van der Waals surface area contributed by atoms with Crippen LogP contribution in [0.25, 0.3) is 0 Å². The first-order valence-electron chi connectivity index (χ1n) is 7.28. The molecule has 0 atom stereocenters. The summed E-state index contributed by atoms with van der Waals surface area (Å²) in [6, 6.07) is 13.6. The van der Waals surface area contributed by atoms with Gasteiger partial charge in [0.2, 0.25) is 0 Å². The molecule has 0 aromatic heterocycles. The number of nitrogens with zero attached hydrogens (tertiary/aromatic N) is 2. The number of nitrogens with one attached hydrogen (secondary N) is 1. The van der Waals surface area contributed by atoms with Crippen LogP contribution in [0.15, 0.2) is 47.4 Å². The predicted octanol–water partition coefficient (Wildman–Crippen LogP) is 3.54. The highest BCUT2D eigenvalue weighted by Crippen LogP contribution is 2.28. The number of hydrogen-bond donors (Lipinski definition) is 1. The van der Waals surface area contributed by atoms with Gasteiger partial charge in [0.15, 0.2) is 6.61 Å². The summed E-state index contributed by atoms with van der Waals surface area (Å²) >= 11 is 1.32. The van der Waals surface area contributed by atoms with Gasteiger partial charge in [-0.15, -0.1) is 11.8 Å². The molecule has 0 aliphatic heterocycles. The Kier molecular flexibility index (Phi) is 6.37. The van der Waals surface area contributed by atoms with Crippen LogP contribution in [0, 0.1) is 28.4 Å². The molecule has 0 bridgehead atoms. The van der Waals surface area contributed by atoms with Gasteiger partial charge in [0.1, 0.15) is 5.75 Å². The quantitative estimate of drug-likeness (QED) is 0.461. The molecule has 1 N–H and O–H groups in total. The van der Waals surface area contributed by atoms with E-state index in [2.05, 4.69) is 5.32 Å². The van der Waals surface area contributed by atoms with E-state index >= 15 is 0 Å². The van der Waals surface area contributed by atoms with Gasteiger partial charge in [0.05, 0.1) is 28.0 Å². The number of carbonyl (C=O) groups excluding carboxylic acids is 1. The second-order valence-corrected chi connectivity index (χ2v) is 5.95. The van der Waals surface area contributed by atoms with Crippen LogP contribution in [0.3, 0.4) is 0 Å². The lowest BCUT2D eigenvalue weighted by Gasteiger charge is -2.11. The summed E-state index contributed by atoms with van der Waals surface area (Å²) in [5, 5.41) is 22.3. The first kappa shape index (κ1) is 18.3. The number of anilines is 1. The van der Waals surface area contributed by atoms with E-state index in [1.807, 2.05) is 18.2 Å². The largest absolute Gasteiger partial charge is 0.483 e. The molecule has 0 aliphatic rings. The number of amides is 1. The van der Waals surface area contributed by atoms with Gasteiger partial charge < -0.3 is 10.1 Å². The molecule has 0 unspecified atom stereocenters. The monoisotopic (exact) mass is 357 g/mol. The van der Waals surface area contributed by atoms with E-state index in [0.29, 0.717) is 11.3 Å². The van der Waals surface area contributed by atoms with Gasteiger partial charge in [-0.25, -0.2) is 0 Å². The van der Waals surface area contributed by atoms with Crippen molar-refractivity contribution in [3.8, 4) is 11.8 Å². The minimum absolute atomic E-state index is 0.0591. The van der Waals surface area contributed by atoms with Crippen molar-refractivity contribution < 1.29 is 14.5 Å². The predicted molar refractivity (Wildman–Crippen MR) is 94.7 cm³/mol. The van der Waals surface area contributed by atoms with Gasteiger partial charge in [-0.1, -0.05) is 18.2 Å². The number of hydrogen-bond acceptors (Lipinski definition) is 6. The fourth-order valence-corrected chi connectivity index (χ4v) is 2.76. The van der Waals surface area contributed by atoms with E-state index < -0.39 is 10.8 Å². The number of nitro groups is 1. The number of benzene rings is 2. The second-order valence-electron chi connectivity index (χ2n) is 4.94. The van der Waals surface area contributed by atoms with Crippen LogP contribution in [0.5, 0.6) is 5.75 Å². The normalized spacial score (nSPS) is 9.92. The van der Waals surface area contributed by atoms with Crippen molar-refractivity contribution in [2.24, 2.45) is 0 Å². The van der Waals surface area contributed by atoms with Crippen LogP contribution in [0.4, 0.5) is 11.4 Å². The minimum atomic E-state index is -0.495. The van der Waals surface area contributed by atoms with Crippen molar-refractivity contribution in [3.05, 3.63) is 58.1 Å². The van der Waals surface area contributed by atoms with Crippen LogP contribution in [-0.2, 0) is 4.79 Å². The Morgan fingerprint density at radius 1 is 1.32 bits per heavy atom. The fourth-order valence-electron chi connectivity index (χ4n) is 2.09. The Bertz CT molecular complexity index is 833. The summed E-state index contributed by atoms with van der Waals surface area (Å²) in [5.41, 5.74) is 0.897. The smallest absolute Gasteiger partial charge is 0.276 e. The molecule has 2 aromatic rings. The lowest BCUT2D eigenvalue weighted by molar-refractivity contribution is -0.385. The van der Waals surface area contributed by atoms with Gasteiger partial charge >= 0.3 is 0 Å². The van der Waals surface area contributed by atoms with Crippen LogP contribution < -0.4 is 10.1 Å². The maximum Gasteiger partial charge on any atom is 0.276 e. The molecule has 0 spiro atoms. The minimum Gasteiger partial charge on any atom is -0.483 e. The number of nitriles is 1. The molecule has 25 heavy (non-hydrogen) atoms. The summed E-state index contributed by atoms with van der Waals surface area (Å²) in [5.74, 6) is 0.170. The molecule has 0 saturated heterocycles. The molecular formula is C17H15N3O4S. The second kappa shape index (κ2) is 8.70. The number of para-hydroxylation sites is 1. The summed E-state index contributed by atoms with van der Waals surface area (Å²) in [7, 11) is 0. The summed E-state index contributed by atoms with van der Waals surface area (Å²) in [4.78, 5) is 23.3. The Hall–Kier alpha value is -3.05. The SMILES string of the molecule is Cc1c(OCC(=O)Nc2ccccc2SCC#N)cccc1[N+](=O)[O-]. The van der Waals surface area contributed by atoms with Crippen molar-refractivity contribution in [1.29, 1.82) is 5.26 Å². The van der Waals surface area contributed by atoms with Crippen LogP contribution in [0.1, 0.15) is 5.56 Å². The average Bonchev–Trinajstić information content (AvgIpc) is 2.60. The van der Waals surface area contributed by atoms with Crippen molar-refractivity contribution in [1.82, 2.24) is 0 Å². The molecule has 0 radical (unpaired) electrons. The maximum atomic E-state index is 12.1. The van der Waals surface area contributed by atoms with Crippen LogP contribution >= 0.6 is 11.8 Å². The molecule has 8 heteroatoms. The lowest BCUT2D eigenvalue weighted by atomic mass is 10.2. The number of thioether (sulfide) groups is 1. The third kappa shape index (κ3) is 4.96. The van der Waals surface area contributed by atoms with E-state index in [9.17, 15) is 14.9 Å². The topological polar surface area (TPSA) is 105 Å². The Morgan fingerprint density at radius 3 is 2.80 bits per heavy atom.